The van der Waals surface area contributed by atoms with E-state index in [1.165, 1.54) is 6.07 Å². The van der Waals surface area contributed by atoms with Gasteiger partial charge in [-0.05, 0) is 43.5 Å². The predicted molar refractivity (Wildman–Crippen MR) is 70.0 cm³/mol. The van der Waals surface area contributed by atoms with Crippen LogP contribution in [0, 0.1) is 18.7 Å². The fraction of sp³-hybridized carbons (Fsp3) is 0.533. The molecule has 2 rings (SSSR count). The number of nitrogens with two attached hydrogens (primary N) is 1. The topological polar surface area (TPSA) is 43.1 Å². The lowest BCUT2D eigenvalue weighted by molar-refractivity contribution is 0.0894. The number of hydrogen-bond donors (Lipinski definition) is 1. The Kier molecular flexibility index (Phi) is 4.12. The molecule has 0 saturated heterocycles. The smallest absolute Gasteiger partial charge is 0.167 e. The van der Waals surface area contributed by atoms with E-state index >= 15 is 0 Å². The lowest BCUT2D eigenvalue weighted by Gasteiger charge is -2.20. The van der Waals surface area contributed by atoms with Crippen molar-refractivity contribution in [2.45, 2.75) is 45.1 Å². The van der Waals surface area contributed by atoms with E-state index in [1.807, 2.05) is 0 Å². The summed E-state index contributed by atoms with van der Waals surface area (Å²) in [6, 6.07) is 4.52. The molecule has 2 atom stereocenters. The second kappa shape index (κ2) is 5.61. The molecule has 18 heavy (non-hydrogen) atoms. The van der Waals surface area contributed by atoms with Gasteiger partial charge in [-0.1, -0.05) is 19.3 Å². The van der Waals surface area contributed by atoms with E-state index in [-0.39, 0.29) is 23.6 Å². The summed E-state index contributed by atoms with van der Waals surface area (Å²) in [6.45, 7) is 1.68. The number of ketones is 1. The maximum atomic E-state index is 13.2. The first-order chi connectivity index (χ1) is 8.59. The van der Waals surface area contributed by atoms with Crippen LogP contribution in [-0.2, 0) is 0 Å². The van der Waals surface area contributed by atoms with Crippen LogP contribution in [0.1, 0.15) is 48.0 Å². The van der Waals surface area contributed by atoms with Crippen molar-refractivity contribution in [2.24, 2.45) is 11.7 Å². The van der Waals surface area contributed by atoms with Crippen LogP contribution >= 0.6 is 0 Å². The molecule has 0 heterocycles. The minimum atomic E-state index is -0.267. The number of halogens is 1. The van der Waals surface area contributed by atoms with E-state index < -0.39 is 0 Å². The monoisotopic (exact) mass is 249 g/mol. The predicted octanol–water partition coefficient (Wildman–Crippen LogP) is 3.22. The third-order valence-corrected chi connectivity index (χ3v) is 3.85. The summed E-state index contributed by atoms with van der Waals surface area (Å²) >= 11 is 0. The third-order valence-electron chi connectivity index (χ3n) is 3.85. The molecular weight excluding hydrogens is 229 g/mol. The van der Waals surface area contributed by atoms with E-state index in [9.17, 15) is 9.18 Å². The number of carbonyl (C=O) groups excluding carboxylic acids is 1. The molecule has 2 unspecified atom stereocenters. The Morgan fingerprint density at radius 2 is 2.00 bits per heavy atom. The fourth-order valence-corrected chi connectivity index (χ4v) is 2.67. The van der Waals surface area contributed by atoms with Crippen LogP contribution in [0.2, 0.25) is 0 Å². The molecule has 1 aliphatic rings. The summed E-state index contributed by atoms with van der Waals surface area (Å²) in [5.74, 6) is -0.290. The number of rotatable bonds is 2. The van der Waals surface area contributed by atoms with Gasteiger partial charge in [0.15, 0.2) is 5.78 Å². The van der Waals surface area contributed by atoms with Crippen LogP contribution < -0.4 is 5.73 Å². The molecular formula is C15H20FNO. The highest BCUT2D eigenvalue weighted by molar-refractivity contribution is 5.98. The summed E-state index contributed by atoms with van der Waals surface area (Å²) in [5.41, 5.74) is 7.20. The fourth-order valence-electron chi connectivity index (χ4n) is 2.67. The maximum absolute atomic E-state index is 13.2. The molecule has 2 nitrogen and oxygen atoms in total. The van der Waals surface area contributed by atoms with Crippen molar-refractivity contribution in [2.75, 3.05) is 0 Å². The highest BCUT2D eigenvalue weighted by Gasteiger charge is 2.27. The van der Waals surface area contributed by atoms with Crippen molar-refractivity contribution in [3.05, 3.63) is 35.1 Å². The molecule has 1 aliphatic carbocycles. The van der Waals surface area contributed by atoms with Gasteiger partial charge in [-0.15, -0.1) is 0 Å². The zero-order valence-electron chi connectivity index (χ0n) is 10.8. The van der Waals surface area contributed by atoms with Crippen molar-refractivity contribution in [3.63, 3.8) is 0 Å². The highest BCUT2D eigenvalue weighted by Crippen LogP contribution is 2.26. The molecule has 0 radical (unpaired) electrons. The molecule has 1 saturated carbocycles. The van der Waals surface area contributed by atoms with Crippen LogP contribution in [0.4, 0.5) is 4.39 Å². The Morgan fingerprint density at radius 3 is 2.72 bits per heavy atom. The molecule has 0 aliphatic heterocycles. The first-order valence-corrected chi connectivity index (χ1v) is 6.65. The van der Waals surface area contributed by atoms with E-state index in [2.05, 4.69) is 0 Å². The molecule has 0 amide bonds. The Hall–Kier alpha value is -1.22. The van der Waals surface area contributed by atoms with Crippen molar-refractivity contribution >= 4 is 5.78 Å². The Labute approximate surface area is 107 Å². The second-order valence-electron chi connectivity index (χ2n) is 5.24. The lowest BCUT2D eigenvalue weighted by atomic mass is 9.87. The number of benzene rings is 1. The van der Waals surface area contributed by atoms with Gasteiger partial charge in [0.2, 0.25) is 0 Å². The zero-order valence-corrected chi connectivity index (χ0v) is 10.8. The number of hydrogen-bond acceptors (Lipinski definition) is 2. The average Bonchev–Trinajstić information content (AvgIpc) is 2.56. The molecule has 0 aromatic heterocycles. The Bertz CT molecular complexity index is 444. The van der Waals surface area contributed by atoms with Crippen molar-refractivity contribution in [1.29, 1.82) is 0 Å². The summed E-state index contributed by atoms with van der Waals surface area (Å²) in [7, 11) is 0. The van der Waals surface area contributed by atoms with E-state index in [0.717, 1.165) is 32.1 Å². The number of carbonyl (C=O) groups is 1. The largest absolute Gasteiger partial charge is 0.327 e. The van der Waals surface area contributed by atoms with Gasteiger partial charge in [0.1, 0.15) is 5.82 Å². The molecule has 1 fully saturated rings. The Balaban J connectivity index is 2.21. The molecule has 3 heteroatoms. The normalized spacial score (nSPS) is 24.6. The van der Waals surface area contributed by atoms with Gasteiger partial charge in [0.25, 0.3) is 0 Å². The number of Topliss-reactive ketones (excluding diaryl/α,β-unsaturated/α-hetero) is 1. The standard InChI is InChI=1S/C15H20FNO/c1-10-9-11(7-8-13(10)16)15(18)12-5-3-2-4-6-14(12)17/h7-9,12,14H,2-6,17H2,1H3. The molecule has 0 spiro atoms. The zero-order chi connectivity index (χ0) is 13.1. The SMILES string of the molecule is Cc1cc(C(=O)C2CCCCCC2N)ccc1F. The molecule has 98 valence electrons. The quantitative estimate of drug-likeness (QED) is 0.646. The molecule has 2 N–H and O–H groups in total. The summed E-state index contributed by atoms with van der Waals surface area (Å²) in [6.07, 6.45) is 5.09. The minimum absolute atomic E-state index is 0.0506. The van der Waals surface area contributed by atoms with E-state index in [1.54, 1.807) is 19.1 Å². The summed E-state index contributed by atoms with van der Waals surface area (Å²) in [4.78, 5) is 12.4. The number of aryl methyl sites for hydroxylation is 1. The maximum Gasteiger partial charge on any atom is 0.167 e. The van der Waals surface area contributed by atoms with Gasteiger partial charge in [-0.25, -0.2) is 4.39 Å². The average molecular weight is 249 g/mol. The van der Waals surface area contributed by atoms with Crippen LogP contribution in [0.3, 0.4) is 0 Å². The first-order valence-electron chi connectivity index (χ1n) is 6.65. The van der Waals surface area contributed by atoms with E-state index in [4.69, 9.17) is 5.73 Å². The molecule has 0 bridgehead atoms. The van der Waals surface area contributed by atoms with E-state index in [0.29, 0.717) is 11.1 Å². The van der Waals surface area contributed by atoms with Gasteiger partial charge in [0.05, 0.1) is 0 Å². The van der Waals surface area contributed by atoms with Crippen LogP contribution in [-0.4, -0.2) is 11.8 Å². The van der Waals surface area contributed by atoms with Gasteiger partial charge in [-0.3, -0.25) is 4.79 Å². The van der Waals surface area contributed by atoms with Gasteiger partial charge in [-0.2, -0.15) is 0 Å². The highest BCUT2D eigenvalue weighted by atomic mass is 19.1. The van der Waals surface area contributed by atoms with Gasteiger partial charge >= 0.3 is 0 Å². The summed E-state index contributed by atoms with van der Waals surface area (Å²) < 4.78 is 13.2. The Morgan fingerprint density at radius 1 is 1.28 bits per heavy atom. The molecule has 1 aromatic carbocycles. The second-order valence-corrected chi connectivity index (χ2v) is 5.24. The van der Waals surface area contributed by atoms with Crippen LogP contribution in [0.15, 0.2) is 18.2 Å². The third kappa shape index (κ3) is 2.78. The first kappa shape index (κ1) is 13.2. The minimum Gasteiger partial charge on any atom is -0.327 e. The van der Waals surface area contributed by atoms with Gasteiger partial charge in [0, 0.05) is 17.5 Å². The van der Waals surface area contributed by atoms with Crippen molar-refractivity contribution in [1.82, 2.24) is 0 Å². The van der Waals surface area contributed by atoms with Crippen LogP contribution in [0.5, 0.6) is 0 Å². The molecule has 1 aromatic rings. The van der Waals surface area contributed by atoms with Crippen LogP contribution in [0.25, 0.3) is 0 Å². The summed E-state index contributed by atoms with van der Waals surface area (Å²) in [5, 5.41) is 0. The lowest BCUT2D eigenvalue weighted by Crippen LogP contribution is -2.34. The van der Waals surface area contributed by atoms with Crippen molar-refractivity contribution < 1.29 is 9.18 Å². The van der Waals surface area contributed by atoms with Crippen molar-refractivity contribution in [3.8, 4) is 0 Å². The van der Waals surface area contributed by atoms with Gasteiger partial charge < -0.3 is 5.73 Å².